The summed E-state index contributed by atoms with van der Waals surface area (Å²) in [5.41, 5.74) is 1.92. The molecule has 0 saturated heterocycles. The number of thioether (sulfide) groups is 1. The van der Waals surface area contributed by atoms with Gasteiger partial charge in [-0.2, -0.15) is 4.98 Å². The van der Waals surface area contributed by atoms with Crippen LogP contribution in [0.4, 0.5) is 0 Å². The van der Waals surface area contributed by atoms with Crippen LogP contribution < -0.4 is 5.32 Å². The van der Waals surface area contributed by atoms with E-state index in [1.54, 1.807) is 4.52 Å². The summed E-state index contributed by atoms with van der Waals surface area (Å²) in [6.07, 6.45) is 5.38. The maximum Gasteiger partial charge on any atom is 0.253 e. The van der Waals surface area contributed by atoms with E-state index in [0.29, 0.717) is 16.9 Å². The monoisotopic (exact) mass is 373 g/mol. The van der Waals surface area contributed by atoms with Crippen molar-refractivity contribution in [1.29, 1.82) is 0 Å². The van der Waals surface area contributed by atoms with Crippen LogP contribution in [0.3, 0.4) is 0 Å². The zero-order valence-corrected chi connectivity index (χ0v) is 16.7. The van der Waals surface area contributed by atoms with Gasteiger partial charge in [0.2, 0.25) is 11.1 Å². The molecule has 2 aliphatic carbocycles. The van der Waals surface area contributed by atoms with Crippen molar-refractivity contribution in [2.45, 2.75) is 69.8 Å². The molecule has 2 fully saturated rings. The fourth-order valence-corrected chi connectivity index (χ4v) is 5.52. The summed E-state index contributed by atoms with van der Waals surface area (Å²) in [5, 5.41) is 8.10. The van der Waals surface area contributed by atoms with Gasteiger partial charge in [0.25, 0.3) is 5.78 Å². The fraction of sp³-hybridized carbons (Fsp3) is 0.684. The molecule has 2 aromatic rings. The Morgan fingerprint density at radius 2 is 2.08 bits per heavy atom. The Balaban J connectivity index is 1.39. The molecule has 1 N–H and O–H groups in total. The van der Waals surface area contributed by atoms with Gasteiger partial charge in [0.1, 0.15) is 0 Å². The lowest BCUT2D eigenvalue weighted by atomic mass is 9.84. The molecule has 26 heavy (non-hydrogen) atoms. The highest BCUT2D eigenvalue weighted by Gasteiger charge is 2.42. The summed E-state index contributed by atoms with van der Waals surface area (Å²) in [4.78, 5) is 21.5. The molecule has 0 radical (unpaired) electrons. The van der Waals surface area contributed by atoms with Crippen LogP contribution in [-0.2, 0) is 4.79 Å². The molecular weight excluding hydrogens is 346 g/mol. The Kier molecular flexibility index (Phi) is 4.67. The molecule has 4 rings (SSSR count). The molecule has 0 spiro atoms. The van der Waals surface area contributed by atoms with E-state index in [-0.39, 0.29) is 17.2 Å². The number of hydrogen-bond donors (Lipinski definition) is 1. The lowest BCUT2D eigenvalue weighted by Gasteiger charge is -2.29. The SMILES string of the molecule is Cc1cc(C)n2nc(SC(C)C(=O)NC(C)C3CC4CCC3C4)nc2n1. The Hall–Kier alpha value is -1.63. The summed E-state index contributed by atoms with van der Waals surface area (Å²) in [6, 6.07) is 2.23. The standard InChI is InChI=1S/C19H27N5OS/c1-10-7-11(2)24-18(20-10)22-19(23-24)26-13(4)17(25)21-12(3)16-9-14-5-6-15(16)8-14/h7,12-16H,5-6,8-9H2,1-4H3,(H,21,25). The number of hydrogen-bond acceptors (Lipinski definition) is 5. The molecule has 7 heteroatoms. The smallest absolute Gasteiger partial charge is 0.253 e. The Morgan fingerprint density at radius 3 is 2.77 bits per heavy atom. The summed E-state index contributed by atoms with van der Waals surface area (Å²) in [6.45, 7) is 8.02. The summed E-state index contributed by atoms with van der Waals surface area (Å²) >= 11 is 1.40. The topological polar surface area (TPSA) is 72.2 Å². The number of carbonyl (C=O) groups is 1. The largest absolute Gasteiger partial charge is 0.352 e. The van der Waals surface area contributed by atoms with Crippen LogP contribution in [-0.4, -0.2) is 36.8 Å². The molecule has 2 heterocycles. The first-order valence-corrected chi connectivity index (χ1v) is 10.5. The van der Waals surface area contributed by atoms with Gasteiger partial charge in [0, 0.05) is 17.4 Å². The van der Waals surface area contributed by atoms with Crippen molar-refractivity contribution >= 4 is 23.4 Å². The van der Waals surface area contributed by atoms with Crippen molar-refractivity contribution in [2.75, 3.05) is 0 Å². The normalized spacial score (nSPS) is 27.0. The third-order valence-corrected chi connectivity index (χ3v) is 7.01. The number of aryl methyl sites for hydroxylation is 2. The summed E-state index contributed by atoms with van der Waals surface area (Å²) < 4.78 is 1.73. The van der Waals surface area contributed by atoms with E-state index in [1.165, 1.54) is 37.4 Å². The highest BCUT2D eigenvalue weighted by molar-refractivity contribution is 8.00. The number of carbonyl (C=O) groups excluding carboxylic acids is 1. The lowest BCUT2D eigenvalue weighted by molar-refractivity contribution is -0.121. The van der Waals surface area contributed by atoms with E-state index < -0.39 is 0 Å². The first kappa shape index (κ1) is 17.8. The third kappa shape index (κ3) is 3.33. The van der Waals surface area contributed by atoms with E-state index in [4.69, 9.17) is 0 Å². The van der Waals surface area contributed by atoms with E-state index in [9.17, 15) is 4.79 Å². The molecule has 2 bridgehead atoms. The van der Waals surface area contributed by atoms with E-state index in [1.807, 2.05) is 26.8 Å². The third-order valence-electron chi connectivity index (χ3n) is 6.06. The second-order valence-electron chi connectivity index (χ2n) is 8.04. The van der Waals surface area contributed by atoms with Crippen LogP contribution in [0, 0.1) is 31.6 Å². The van der Waals surface area contributed by atoms with Crippen LogP contribution in [0.2, 0.25) is 0 Å². The zero-order valence-electron chi connectivity index (χ0n) is 15.9. The van der Waals surface area contributed by atoms with Gasteiger partial charge in [-0.25, -0.2) is 9.50 Å². The van der Waals surface area contributed by atoms with Crippen molar-refractivity contribution in [1.82, 2.24) is 24.9 Å². The van der Waals surface area contributed by atoms with Gasteiger partial charge in [-0.05, 0) is 70.8 Å². The molecule has 2 aromatic heterocycles. The predicted octanol–water partition coefficient (Wildman–Crippen LogP) is 3.16. The number of nitrogens with one attached hydrogen (secondary N) is 1. The minimum Gasteiger partial charge on any atom is -0.352 e. The van der Waals surface area contributed by atoms with Gasteiger partial charge in [0.15, 0.2) is 0 Å². The van der Waals surface area contributed by atoms with Crippen molar-refractivity contribution in [2.24, 2.45) is 17.8 Å². The maximum atomic E-state index is 12.6. The molecule has 5 atom stereocenters. The number of rotatable bonds is 5. The predicted molar refractivity (Wildman–Crippen MR) is 102 cm³/mol. The molecule has 2 saturated carbocycles. The lowest BCUT2D eigenvalue weighted by Crippen LogP contribution is -2.43. The van der Waals surface area contributed by atoms with Crippen molar-refractivity contribution in [3.63, 3.8) is 0 Å². The number of nitrogens with zero attached hydrogens (tertiary/aromatic N) is 4. The highest BCUT2D eigenvalue weighted by Crippen LogP contribution is 2.49. The summed E-state index contributed by atoms with van der Waals surface area (Å²) in [5.74, 6) is 3.03. The van der Waals surface area contributed by atoms with Crippen LogP contribution in [0.1, 0.15) is 50.9 Å². The van der Waals surface area contributed by atoms with Gasteiger partial charge in [-0.3, -0.25) is 4.79 Å². The van der Waals surface area contributed by atoms with Crippen LogP contribution in [0.15, 0.2) is 11.2 Å². The van der Waals surface area contributed by atoms with Crippen molar-refractivity contribution < 1.29 is 4.79 Å². The maximum absolute atomic E-state index is 12.6. The molecule has 2 aliphatic rings. The second-order valence-corrected chi connectivity index (χ2v) is 9.35. The first-order chi connectivity index (χ1) is 12.4. The molecule has 5 unspecified atom stereocenters. The van der Waals surface area contributed by atoms with E-state index >= 15 is 0 Å². The minimum absolute atomic E-state index is 0.0741. The van der Waals surface area contributed by atoms with Crippen molar-refractivity contribution in [3.05, 3.63) is 17.5 Å². The molecule has 0 aliphatic heterocycles. The molecule has 0 aromatic carbocycles. The highest BCUT2D eigenvalue weighted by atomic mass is 32.2. The van der Waals surface area contributed by atoms with Gasteiger partial charge in [0.05, 0.1) is 5.25 Å². The van der Waals surface area contributed by atoms with Gasteiger partial charge in [-0.1, -0.05) is 18.2 Å². The van der Waals surface area contributed by atoms with E-state index in [0.717, 1.165) is 23.2 Å². The zero-order chi connectivity index (χ0) is 18.4. The molecule has 140 valence electrons. The fourth-order valence-electron chi connectivity index (χ4n) is 4.76. The van der Waals surface area contributed by atoms with E-state index in [2.05, 4.69) is 27.3 Å². The molecule has 1 amide bonds. The average Bonchev–Trinajstić information content (AvgIpc) is 3.29. The van der Waals surface area contributed by atoms with Gasteiger partial charge >= 0.3 is 0 Å². The van der Waals surface area contributed by atoms with Crippen LogP contribution in [0.25, 0.3) is 5.78 Å². The second kappa shape index (κ2) is 6.83. The quantitative estimate of drug-likeness (QED) is 0.815. The Morgan fingerprint density at radius 1 is 1.27 bits per heavy atom. The molecular formula is C19H27N5OS. The Labute approximate surface area is 158 Å². The number of fused-ring (bicyclic) bond motifs is 3. The average molecular weight is 374 g/mol. The minimum atomic E-state index is -0.227. The molecule has 6 nitrogen and oxygen atoms in total. The van der Waals surface area contributed by atoms with Gasteiger partial charge < -0.3 is 5.32 Å². The summed E-state index contributed by atoms with van der Waals surface area (Å²) in [7, 11) is 0. The van der Waals surface area contributed by atoms with Crippen molar-refractivity contribution in [3.8, 4) is 0 Å². The van der Waals surface area contributed by atoms with Crippen LogP contribution >= 0.6 is 11.8 Å². The van der Waals surface area contributed by atoms with Gasteiger partial charge in [-0.15, -0.1) is 5.10 Å². The van der Waals surface area contributed by atoms with Crippen LogP contribution in [0.5, 0.6) is 0 Å². The number of amides is 1. The number of aromatic nitrogens is 4. The Bertz CT molecular complexity index is 835. The first-order valence-electron chi connectivity index (χ1n) is 9.58.